The minimum Gasteiger partial charge on any atom is -0.484 e. The van der Waals surface area contributed by atoms with Crippen molar-refractivity contribution in [1.29, 1.82) is 0 Å². The first-order chi connectivity index (χ1) is 15.2. The van der Waals surface area contributed by atoms with Gasteiger partial charge in [0.1, 0.15) is 5.75 Å². The highest BCUT2D eigenvalue weighted by Gasteiger charge is 2.31. The van der Waals surface area contributed by atoms with Gasteiger partial charge in [-0.3, -0.25) is 4.79 Å². The average Bonchev–Trinajstić information content (AvgIpc) is 2.78. The fourth-order valence-corrected chi connectivity index (χ4v) is 4.66. The molecular formula is C26H29NO4S. The molecule has 0 unspecified atom stereocenters. The van der Waals surface area contributed by atoms with Gasteiger partial charge < -0.3 is 4.74 Å². The van der Waals surface area contributed by atoms with Crippen molar-refractivity contribution in [3.8, 4) is 5.75 Å². The van der Waals surface area contributed by atoms with Crippen molar-refractivity contribution in [3.05, 3.63) is 89.5 Å². The fourth-order valence-electron chi connectivity index (χ4n) is 3.25. The quantitative estimate of drug-likeness (QED) is 0.455. The lowest BCUT2D eigenvalue weighted by Crippen LogP contribution is -2.40. The Labute approximate surface area is 190 Å². The average molecular weight is 452 g/mol. The lowest BCUT2D eigenvalue weighted by Gasteiger charge is -2.23. The minimum absolute atomic E-state index is 0.0531. The summed E-state index contributed by atoms with van der Waals surface area (Å²) in [5, 5.41) is 0. The maximum Gasteiger partial charge on any atom is 0.278 e. The van der Waals surface area contributed by atoms with Crippen LogP contribution in [0.5, 0.6) is 5.75 Å². The van der Waals surface area contributed by atoms with Gasteiger partial charge in [-0.1, -0.05) is 62.7 Å². The van der Waals surface area contributed by atoms with Crippen molar-refractivity contribution < 1.29 is 17.9 Å². The van der Waals surface area contributed by atoms with Gasteiger partial charge in [-0.25, -0.2) is 8.42 Å². The minimum atomic E-state index is -4.11. The van der Waals surface area contributed by atoms with E-state index in [-0.39, 0.29) is 10.6 Å². The molecule has 0 spiro atoms. The van der Waals surface area contributed by atoms with E-state index in [2.05, 4.69) is 13.8 Å². The molecule has 0 aliphatic heterocycles. The molecule has 3 aromatic rings. The molecule has 0 heterocycles. The Bertz CT molecular complexity index is 1150. The molecule has 0 N–H and O–H groups in total. The number of ether oxygens (including phenoxy) is 1. The molecule has 0 saturated carbocycles. The zero-order valence-electron chi connectivity index (χ0n) is 18.9. The van der Waals surface area contributed by atoms with Crippen LogP contribution in [0.1, 0.15) is 43.4 Å². The normalized spacial score (nSPS) is 11.4. The summed E-state index contributed by atoms with van der Waals surface area (Å²) in [5.41, 5.74) is 3.42. The molecule has 0 aliphatic rings. The first-order valence-corrected chi connectivity index (χ1v) is 12.1. The molecule has 0 bridgehead atoms. The van der Waals surface area contributed by atoms with Crippen molar-refractivity contribution in [2.75, 3.05) is 10.9 Å². The predicted molar refractivity (Wildman–Crippen MR) is 128 cm³/mol. The number of anilines is 1. The van der Waals surface area contributed by atoms with E-state index in [0.29, 0.717) is 11.7 Å². The predicted octanol–water partition coefficient (Wildman–Crippen LogP) is 5.48. The summed E-state index contributed by atoms with van der Waals surface area (Å²) in [7, 11) is -4.11. The van der Waals surface area contributed by atoms with Crippen molar-refractivity contribution in [2.45, 2.75) is 44.9 Å². The molecule has 0 aromatic heterocycles. The molecule has 3 aromatic carbocycles. The number of amides is 1. The maximum absolute atomic E-state index is 13.4. The Hall–Kier alpha value is -3.12. The van der Waals surface area contributed by atoms with E-state index in [1.54, 1.807) is 36.4 Å². The Morgan fingerprint density at radius 2 is 1.50 bits per heavy atom. The lowest BCUT2D eigenvalue weighted by atomic mass is 10.0. The second-order valence-corrected chi connectivity index (χ2v) is 9.80. The zero-order valence-corrected chi connectivity index (χ0v) is 19.7. The highest BCUT2D eigenvalue weighted by molar-refractivity contribution is 7.93. The smallest absolute Gasteiger partial charge is 0.278 e. The molecule has 0 saturated heterocycles. The van der Waals surface area contributed by atoms with Crippen molar-refractivity contribution in [2.24, 2.45) is 0 Å². The molecule has 168 valence electrons. The standard InChI is InChI=1S/C26H29NO4S/c1-5-21-8-12-23(13-9-21)27(32(29,30)25-16-6-20(4)7-17-25)26(28)18-31-24-14-10-22(11-15-24)19(2)3/h6-17,19H,5,18H2,1-4H3. The molecule has 0 atom stereocenters. The van der Waals surface area contributed by atoms with Gasteiger partial charge in [0, 0.05) is 0 Å². The first kappa shape index (κ1) is 23.5. The van der Waals surface area contributed by atoms with E-state index >= 15 is 0 Å². The van der Waals surface area contributed by atoms with Crippen LogP contribution in [0.3, 0.4) is 0 Å². The molecule has 6 heteroatoms. The van der Waals surface area contributed by atoms with Gasteiger partial charge in [0.2, 0.25) is 0 Å². The first-order valence-electron chi connectivity index (χ1n) is 10.7. The van der Waals surface area contributed by atoms with Crippen LogP contribution in [0.4, 0.5) is 5.69 Å². The lowest BCUT2D eigenvalue weighted by molar-refractivity contribution is -0.119. The van der Waals surface area contributed by atoms with Gasteiger partial charge in [-0.2, -0.15) is 4.31 Å². The molecule has 0 aliphatic carbocycles. The summed E-state index contributed by atoms with van der Waals surface area (Å²) in [4.78, 5) is 13.2. The van der Waals surface area contributed by atoms with E-state index in [9.17, 15) is 13.2 Å². The third kappa shape index (κ3) is 5.37. The number of nitrogens with zero attached hydrogens (tertiary/aromatic N) is 1. The number of carbonyl (C=O) groups excluding carboxylic acids is 1. The van der Waals surface area contributed by atoms with E-state index in [1.165, 1.54) is 12.1 Å². The summed E-state index contributed by atoms with van der Waals surface area (Å²) in [6.07, 6.45) is 0.814. The third-order valence-electron chi connectivity index (χ3n) is 5.27. The number of rotatable bonds is 8. The van der Waals surface area contributed by atoms with E-state index in [1.807, 2.05) is 38.1 Å². The van der Waals surface area contributed by atoms with Crippen LogP contribution >= 0.6 is 0 Å². The largest absolute Gasteiger partial charge is 0.484 e. The van der Waals surface area contributed by atoms with Crippen molar-refractivity contribution >= 4 is 21.6 Å². The number of hydrogen-bond donors (Lipinski definition) is 0. The maximum atomic E-state index is 13.4. The molecule has 32 heavy (non-hydrogen) atoms. The van der Waals surface area contributed by atoms with E-state index in [0.717, 1.165) is 27.4 Å². The van der Waals surface area contributed by atoms with Gasteiger partial charge >= 0.3 is 0 Å². The third-order valence-corrected chi connectivity index (χ3v) is 7.04. The monoisotopic (exact) mass is 451 g/mol. The van der Waals surface area contributed by atoms with Gasteiger partial charge in [-0.15, -0.1) is 0 Å². The number of sulfonamides is 1. The summed E-state index contributed by atoms with van der Waals surface area (Å²) in [6.45, 7) is 7.68. The van der Waals surface area contributed by atoms with Crippen LogP contribution in [0, 0.1) is 6.92 Å². The highest BCUT2D eigenvalue weighted by atomic mass is 32.2. The van der Waals surface area contributed by atoms with Crippen LogP contribution in [0.25, 0.3) is 0 Å². The van der Waals surface area contributed by atoms with Crippen LogP contribution in [-0.2, 0) is 21.2 Å². The number of benzene rings is 3. The molecule has 5 nitrogen and oxygen atoms in total. The van der Waals surface area contributed by atoms with Crippen LogP contribution in [0.2, 0.25) is 0 Å². The van der Waals surface area contributed by atoms with Crippen molar-refractivity contribution in [3.63, 3.8) is 0 Å². The summed E-state index contributed by atoms with van der Waals surface area (Å²) < 4.78 is 33.3. The van der Waals surface area contributed by atoms with E-state index < -0.39 is 22.5 Å². The second-order valence-electron chi connectivity index (χ2n) is 8.01. The van der Waals surface area contributed by atoms with Crippen LogP contribution in [0.15, 0.2) is 77.7 Å². The number of carbonyl (C=O) groups is 1. The fraction of sp³-hybridized carbons (Fsp3) is 0.269. The van der Waals surface area contributed by atoms with Gasteiger partial charge in [0.15, 0.2) is 6.61 Å². The molecule has 3 rings (SSSR count). The number of aryl methyl sites for hydroxylation is 2. The van der Waals surface area contributed by atoms with Crippen molar-refractivity contribution in [1.82, 2.24) is 0 Å². The molecule has 1 amide bonds. The molecule has 0 radical (unpaired) electrons. The van der Waals surface area contributed by atoms with Gasteiger partial charge in [0.05, 0.1) is 10.6 Å². The summed E-state index contributed by atoms with van der Waals surface area (Å²) >= 11 is 0. The molecular weight excluding hydrogens is 422 g/mol. The number of hydrogen-bond acceptors (Lipinski definition) is 4. The Morgan fingerprint density at radius 1 is 0.906 bits per heavy atom. The SMILES string of the molecule is CCc1ccc(N(C(=O)COc2ccc(C(C)C)cc2)S(=O)(=O)c2ccc(C)cc2)cc1. The topological polar surface area (TPSA) is 63.7 Å². The van der Waals surface area contributed by atoms with Crippen LogP contribution in [-0.4, -0.2) is 20.9 Å². The van der Waals surface area contributed by atoms with E-state index in [4.69, 9.17) is 4.74 Å². The highest BCUT2D eigenvalue weighted by Crippen LogP contribution is 2.26. The Kier molecular flexibility index (Phi) is 7.36. The van der Waals surface area contributed by atoms with Crippen LogP contribution < -0.4 is 9.04 Å². The summed E-state index contributed by atoms with van der Waals surface area (Å²) in [5.74, 6) is 0.228. The second kappa shape index (κ2) is 10.0. The Balaban J connectivity index is 1.90. The summed E-state index contributed by atoms with van der Waals surface area (Å²) in [6, 6.07) is 20.9. The van der Waals surface area contributed by atoms with Gasteiger partial charge in [-0.05, 0) is 66.8 Å². The molecule has 0 fully saturated rings. The zero-order chi connectivity index (χ0) is 23.3. The Morgan fingerprint density at radius 3 is 2.03 bits per heavy atom. The van der Waals surface area contributed by atoms with Gasteiger partial charge in [0.25, 0.3) is 15.9 Å².